The zero-order valence-corrected chi connectivity index (χ0v) is 8.02. The molecule has 0 saturated heterocycles. The number of nitrogens with one attached hydrogen (secondary N) is 1. The lowest BCUT2D eigenvalue weighted by Crippen LogP contribution is -2.20. The van der Waals surface area contributed by atoms with Crippen molar-refractivity contribution < 1.29 is 0 Å². The predicted molar refractivity (Wildman–Crippen MR) is 50.5 cm³/mol. The van der Waals surface area contributed by atoms with Crippen LogP contribution in [0.25, 0.3) is 0 Å². The summed E-state index contributed by atoms with van der Waals surface area (Å²) < 4.78 is 4.11. The van der Waals surface area contributed by atoms with Crippen LogP contribution in [-0.4, -0.2) is 15.9 Å². The van der Waals surface area contributed by atoms with Crippen LogP contribution in [0.3, 0.4) is 0 Å². The number of hydrogen-bond donors (Lipinski definition) is 1. The van der Waals surface area contributed by atoms with Crippen LogP contribution in [0.4, 0.5) is 5.13 Å². The SMILES string of the molecule is Cc1nsc(NCC2CCC2)n1. The van der Waals surface area contributed by atoms with E-state index in [1.54, 1.807) is 0 Å². The van der Waals surface area contributed by atoms with E-state index in [2.05, 4.69) is 14.7 Å². The van der Waals surface area contributed by atoms with Gasteiger partial charge in [0, 0.05) is 18.1 Å². The van der Waals surface area contributed by atoms with Crippen molar-refractivity contribution in [3.05, 3.63) is 5.82 Å². The van der Waals surface area contributed by atoms with Crippen LogP contribution in [0.5, 0.6) is 0 Å². The Balaban J connectivity index is 1.79. The predicted octanol–water partition coefficient (Wildman–Crippen LogP) is 2.06. The third kappa shape index (κ3) is 1.75. The zero-order valence-electron chi connectivity index (χ0n) is 7.21. The summed E-state index contributed by atoms with van der Waals surface area (Å²) >= 11 is 1.45. The largest absolute Gasteiger partial charge is 0.360 e. The molecule has 2 rings (SSSR count). The maximum atomic E-state index is 4.24. The third-order valence-corrected chi connectivity index (χ3v) is 3.06. The first-order chi connectivity index (χ1) is 5.84. The summed E-state index contributed by atoms with van der Waals surface area (Å²) in [6.45, 7) is 3.00. The van der Waals surface area contributed by atoms with Crippen molar-refractivity contribution in [3.8, 4) is 0 Å². The van der Waals surface area contributed by atoms with E-state index < -0.39 is 0 Å². The second kappa shape index (κ2) is 3.39. The first kappa shape index (κ1) is 7.98. The van der Waals surface area contributed by atoms with E-state index in [0.29, 0.717) is 0 Å². The van der Waals surface area contributed by atoms with Crippen molar-refractivity contribution in [3.63, 3.8) is 0 Å². The van der Waals surface area contributed by atoms with Crippen molar-refractivity contribution in [1.82, 2.24) is 9.36 Å². The molecule has 0 atom stereocenters. The van der Waals surface area contributed by atoms with Crippen LogP contribution >= 0.6 is 11.5 Å². The fourth-order valence-electron chi connectivity index (χ4n) is 1.30. The Labute approximate surface area is 76.4 Å². The normalized spacial score (nSPS) is 17.4. The first-order valence-corrected chi connectivity index (χ1v) is 5.16. The molecular formula is C8H13N3S. The Morgan fingerprint density at radius 2 is 2.42 bits per heavy atom. The number of anilines is 1. The van der Waals surface area contributed by atoms with E-state index in [9.17, 15) is 0 Å². The van der Waals surface area contributed by atoms with E-state index in [4.69, 9.17) is 0 Å². The van der Waals surface area contributed by atoms with E-state index in [1.165, 1.54) is 30.8 Å². The van der Waals surface area contributed by atoms with Gasteiger partial charge in [0.1, 0.15) is 5.82 Å². The lowest BCUT2D eigenvalue weighted by atomic mass is 9.86. The summed E-state index contributed by atoms with van der Waals surface area (Å²) in [5.41, 5.74) is 0. The van der Waals surface area contributed by atoms with Gasteiger partial charge in [-0.05, 0) is 25.7 Å². The third-order valence-electron chi connectivity index (χ3n) is 2.29. The van der Waals surface area contributed by atoms with Crippen LogP contribution in [-0.2, 0) is 0 Å². The van der Waals surface area contributed by atoms with Crippen LogP contribution in [0, 0.1) is 12.8 Å². The van der Waals surface area contributed by atoms with Crippen molar-refractivity contribution in [2.24, 2.45) is 5.92 Å². The summed E-state index contributed by atoms with van der Waals surface area (Å²) in [7, 11) is 0. The first-order valence-electron chi connectivity index (χ1n) is 4.39. The smallest absolute Gasteiger partial charge is 0.202 e. The summed E-state index contributed by atoms with van der Waals surface area (Å²) in [4.78, 5) is 4.24. The van der Waals surface area contributed by atoms with Crippen molar-refractivity contribution >= 4 is 16.7 Å². The van der Waals surface area contributed by atoms with Gasteiger partial charge in [0.2, 0.25) is 5.13 Å². The average Bonchev–Trinajstić information content (AvgIpc) is 2.32. The Morgan fingerprint density at radius 1 is 1.58 bits per heavy atom. The molecule has 1 heterocycles. The highest BCUT2D eigenvalue weighted by atomic mass is 32.1. The molecule has 0 aliphatic heterocycles. The summed E-state index contributed by atoms with van der Waals surface area (Å²) in [5, 5.41) is 4.28. The fourth-order valence-corrected chi connectivity index (χ4v) is 1.88. The van der Waals surface area contributed by atoms with Gasteiger partial charge in [-0.2, -0.15) is 4.37 Å². The van der Waals surface area contributed by atoms with E-state index in [-0.39, 0.29) is 0 Å². The minimum absolute atomic E-state index is 0.871. The molecule has 1 aromatic heterocycles. The van der Waals surface area contributed by atoms with Crippen LogP contribution in [0.15, 0.2) is 0 Å². The molecule has 0 unspecified atom stereocenters. The van der Waals surface area contributed by atoms with Crippen molar-refractivity contribution in [2.75, 3.05) is 11.9 Å². The molecule has 0 bridgehead atoms. The minimum Gasteiger partial charge on any atom is -0.360 e. The molecule has 1 aromatic rings. The van der Waals surface area contributed by atoms with E-state index in [1.807, 2.05) is 6.92 Å². The van der Waals surface area contributed by atoms with E-state index in [0.717, 1.165) is 23.4 Å². The standard InChI is InChI=1S/C8H13N3S/c1-6-10-8(12-11-6)9-5-7-3-2-4-7/h7H,2-5H2,1H3,(H,9,10,11). The summed E-state index contributed by atoms with van der Waals surface area (Å²) in [6.07, 6.45) is 4.16. The molecule has 3 nitrogen and oxygen atoms in total. The molecule has 4 heteroatoms. The second-order valence-corrected chi connectivity index (χ2v) is 4.08. The molecule has 1 saturated carbocycles. The number of nitrogens with zero attached hydrogens (tertiary/aromatic N) is 2. The maximum Gasteiger partial charge on any atom is 0.202 e. The highest BCUT2D eigenvalue weighted by Gasteiger charge is 2.17. The zero-order chi connectivity index (χ0) is 8.39. The van der Waals surface area contributed by atoms with Gasteiger partial charge in [-0.1, -0.05) is 6.42 Å². The molecule has 1 N–H and O–H groups in total. The minimum atomic E-state index is 0.871. The lowest BCUT2D eigenvalue weighted by molar-refractivity contribution is 0.333. The molecule has 1 fully saturated rings. The Hall–Kier alpha value is -0.640. The Kier molecular flexibility index (Phi) is 2.26. The van der Waals surface area contributed by atoms with Crippen molar-refractivity contribution in [1.29, 1.82) is 0 Å². The van der Waals surface area contributed by atoms with Gasteiger partial charge in [-0.25, -0.2) is 4.98 Å². The van der Waals surface area contributed by atoms with Gasteiger partial charge in [0.15, 0.2) is 0 Å². The van der Waals surface area contributed by atoms with Crippen LogP contribution < -0.4 is 5.32 Å². The highest BCUT2D eigenvalue weighted by Crippen LogP contribution is 2.26. The number of aromatic nitrogens is 2. The maximum absolute atomic E-state index is 4.24. The average molecular weight is 183 g/mol. The number of rotatable bonds is 3. The summed E-state index contributed by atoms with van der Waals surface area (Å²) in [6, 6.07) is 0. The fraction of sp³-hybridized carbons (Fsp3) is 0.750. The van der Waals surface area contributed by atoms with Gasteiger partial charge in [-0.15, -0.1) is 0 Å². The Bertz CT molecular complexity index is 255. The second-order valence-electron chi connectivity index (χ2n) is 3.32. The van der Waals surface area contributed by atoms with Gasteiger partial charge < -0.3 is 5.32 Å². The molecule has 0 radical (unpaired) electrons. The Morgan fingerprint density at radius 3 is 2.92 bits per heavy atom. The molecule has 1 aliphatic rings. The van der Waals surface area contributed by atoms with Gasteiger partial charge in [-0.3, -0.25) is 0 Å². The molecule has 0 aromatic carbocycles. The molecule has 66 valence electrons. The quantitative estimate of drug-likeness (QED) is 0.779. The van der Waals surface area contributed by atoms with Gasteiger partial charge in [0.25, 0.3) is 0 Å². The number of hydrogen-bond acceptors (Lipinski definition) is 4. The number of aryl methyl sites for hydroxylation is 1. The van der Waals surface area contributed by atoms with E-state index >= 15 is 0 Å². The topological polar surface area (TPSA) is 37.8 Å². The molecule has 1 aliphatic carbocycles. The van der Waals surface area contributed by atoms with Crippen molar-refractivity contribution in [2.45, 2.75) is 26.2 Å². The summed E-state index contributed by atoms with van der Waals surface area (Å²) in [5.74, 6) is 1.75. The molecular weight excluding hydrogens is 170 g/mol. The van der Waals surface area contributed by atoms with Crippen LogP contribution in [0.2, 0.25) is 0 Å². The highest BCUT2D eigenvalue weighted by molar-refractivity contribution is 7.09. The molecule has 0 spiro atoms. The van der Waals surface area contributed by atoms with Crippen LogP contribution in [0.1, 0.15) is 25.1 Å². The molecule has 0 amide bonds. The monoisotopic (exact) mass is 183 g/mol. The lowest BCUT2D eigenvalue weighted by Gasteiger charge is -2.24. The van der Waals surface area contributed by atoms with Gasteiger partial charge in [0.05, 0.1) is 0 Å². The van der Waals surface area contributed by atoms with Gasteiger partial charge >= 0.3 is 0 Å². The molecule has 12 heavy (non-hydrogen) atoms.